The van der Waals surface area contributed by atoms with Crippen molar-refractivity contribution < 1.29 is 12.9 Å². The third-order valence-corrected chi connectivity index (χ3v) is 7.66. The molecule has 1 aliphatic rings. The Hall–Kier alpha value is -1.59. The van der Waals surface area contributed by atoms with E-state index in [4.69, 9.17) is 4.52 Å². The standard InChI is InChI=1S/C17H17BrN4O3S2/c18-13-3-5-14(6-4-13)27(23,24)22-9-7-21(8-10-22)12-16-19-17(20-25-16)15-2-1-11-26-15/h1-6,11H,7-10,12H2. The van der Waals surface area contributed by atoms with Crippen LogP contribution in [-0.4, -0.2) is 53.9 Å². The van der Waals surface area contributed by atoms with Crippen molar-refractivity contribution in [2.24, 2.45) is 0 Å². The second-order valence-electron chi connectivity index (χ2n) is 6.12. The summed E-state index contributed by atoms with van der Waals surface area (Å²) < 4.78 is 33.2. The summed E-state index contributed by atoms with van der Waals surface area (Å²) in [6.45, 7) is 2.62. The second-order valence-corrected chi connectivity index (χ2v) is 9.92. The molecule has 0 amide bonds. The number of sulfonamides is 1. The van der Waals surface area contributed by atoms with Gasteiger partial charge in [-0.2, -0.15) is 9.29 Å². The molecule has 0 radical (unpaired) electrons. The Morgan fingerprint density at radius 3 is 2.52 bits per heavy atom. The zero-order valence-corrected chi connectivity index (χ0v) is 17.5. The van der Waals surface area contributed by atoms with E-state index in [1.807, 2.05) is 17.5 Å². The van der Waals surface area contributed by atoms with Crippen LogP contribution < -0.4 is 0 Å². The van der Waals surface area contributed by atoms with Crippen molar-refractivity contribution in [3.05, 3.63) is 52.1 Å². The van der Waals surface area contributed by atoms with E-state index in [2.05, 4.69) is 31.0 Å². The average molecular weight is 469 g/mol. The van der Waals surface area contributed by atoms with Crippen LogP contribution in [0.3, 0.4) is 0 Å². The van der Waals surface area contributed by atoms with Gasteiger partial charge in [-0.15, -0.1) is 11.3 Å². The summed E-state index contributed by atoms with van der Waals surface area (Å²) in [6.07, 6.45) is 0. The number of piperazine rings is 1. The number of halogens is 1. The van der Waals surface area contributed by atoms with Crippen LogP contribution in [0.15, 0.2) is 55.7 Å². The van der Waals surface area contributed by atoms with Crippen molar-refractivity contribution in [3.63, 3.8) is 0 Å². The minimum Gasteiger partial charge on any atom is -0.338 e. The summed E-state index contributed by atoms with van der Waals surface area (Å²) >= 11 is 4.89. The molecule has 0 unspecified atom stereocenters. The Morgan fingerprint density at radius 1 is 1.11 bits per heavy atom. The third-order valence-electron chi connectivity index (χ3n) is 4.35. The van der Waals surface area contributed by atoms with Crippen molar-refractivity contribution in [1.82, 2.24) is 19.3 Å². The largest absolute Gasteiger partial charge is 0.338 e. The van der Waals surface area contributed by atoms with Gasteiger partial charge in [-0.25, -0.2) is 8.42 Å². The molecule has 0 saturated carbocycles. The Bertz CT molecular complexity index is 995. The molecule has 1 aromatic carbocycles. The first-order chi connectivity index (χ1) is 13.0. The van der Waals surface area contributed by atoms with Crippen molar-refractivity contribution in [3.8, 4) is 10.7 Å². The number of aromatic nitrogens is 2. The normalized spacial score (nSPS) is 16.6. The fourth-order valence-corrected chi connectivity index (χ4v) is 5.24. The van der Waals surface area contributed by atoms with E-state index >= 15 is 0 Å². The Kier molecular flexibility index (Phi) is 5.42. The molecule has 3 aromatic rings. The third kappa shape index (κ3) is 4.14. The van der Waals surface area contributed by atoms with Gasteiger partial charge in [0, 0.05) is 30.7 Å². The molecule has 2 aromatic heterocycles. The van der Waals surface area contributed by atoms with Crippen LogP contribution >= 0.6 is 27.3 Å². The second kappa shape index (κ2) is 7.80. The van der Waals surface area contributed by atoms with Gasteiger partial charge in [0.1, 0.15) is 0 Å². The lowest BCUT2D eigenvalue weighted by atomic mass is 10.3. The van der Waals surface area contributed by atoms with Gasteiger partial charge in [0.15, 0.2) is 0 Å². The predicted octanol–water partition coefficient (Wildman–Crippen LogP) is 3.07. The van der Waals surface area contributed by atoms with E-state index in [0.717, 1.165) is 9.35 Å². The molecular weight excluding hydrogens is 452 g/mol. The van der Waals surface area contributed by atoms with E-state index in [1.54, 1.807) is 35.6 Å². The number of thiophene rings is 1. The minimum absolute atomic E-state index is 0.316. The summed E-state index contributed by atoms with van der Waals surface area (Å²) in [7, 11) is -3.46. The van der Waals surface area contributed by atoms with E-state index < -0.39 is 10.0 Å². The van der Waals surface area contributed by atoms with Gasteiger partial charge in [-0.3, -0.25) is 4.90 Å². The fourth-order valence-electron chi connectivity index (χ4n) is 2.90. The number of rotatable bonds is 5. The van der Waals surface area contributed by atoms with E-state index in [1.165, 1.54) is 4.31 Å². The average Bonchev–Trinajstić information content (AvgIpc) is 3.34. The van der Waals surface area contributed by atoms with Crippen molar-refractivity contribution in [2.75, 3.05) is 26.2 Å². The lowest BCUT2D eigenvalue weighted by molar-refractivity contribution is 0.163. The molecule has 142 valence electrons. The fraction of sp³-hybridized carbons (Fsp3) is 0.294. The number of hydrogen-bond acceptors (Lipinski definition) is 7. The van der Waals surface area contributed by atoms with Gasteiger partial charge in [-0.1, -0.05) is 27.2 Å². The van der Waals surface area contributed by atoms with E-state index in [0.29, 0.717) is 49.3 Å². The van der Waals surface area contributed by atoms with Gasteiger partial charge in [0.2, 0.25) is 21.7 Å². The zero-order chi connectivity index (χ0) is 18.9. The van der Waals surface area contributed by atoms with Gasteiger partial charge in [-0.05, 0) is 35.7 Å². The number of hydrogen-bond donors (Lipinski definition) is 0. The molecule has 3 heterocycles. The van der Waals surface area contributed by atoms with Crippen LogP contribution in [0, 0.1) is 0 Å². The van der Waals surface area contributed by atoms with Crippen LogP contribution in [0.25, 0.3) is 10.7 Å². The van der Waals surface area contributed by atoms with Crippen molar-refractivity contribution in [1.29, 1.82) is 0 Å². The van der Waals surface area contributed by atoms with Gasteiger partial charge in [0.05, 0.1) is 16.3 Å². The van der Waals surface area contributed by atoms with Crippen LogP contribution in [0.5, 0.6) is 0 Å². The SMILES string of the molecule is O=S(=O)(c1ccc(Br)cc1)N1CCN(Cc2nc(-c3cccs3)no2)CC1. The molecule has 0 atom stereocenters. The summed E-state index contributed by atoms with van der Waals surface area (Å²) in [5.74, 6) is 1.14. The maximum Gasteiger partial charge on any atom is 0.243 e. The first kappa shape index (κ1) is 18.8. The summed E-state index contributed by atoms with van der Waals surface area (Å²) in [5.41, 5.74) is 0. The van der Waals surface area contributed by atoms with Crippen molar-refractivity contribution >= 4 is 37.3 Å². The van der Waals surface area contributed by atoms with Crippen LogP contribution in [0.4, 0.5) is 0 Å². The van der Waals surface area contributed by atoms with Crippen LogP contribution in [-0.2, 0) is 16.6 Å². The molecule has 0 N–H and O–H groups in total. The zero-order valence-electron chi connectivity index (χ0n) is 14.3. The van der Waals surface area contributed by atoms with Gasteiger partial charge in [0.25, 0.3) is 0 Å². The Morgan fingerprint density at radius 2 is 1.85 bits per heavy atom. The quantitative estimate of drug-likeness (QED) is 0.572. The highest BCUT2D eigenvalue weighted by Crippen LogP contribution is 2.23. The Labute approximate surface area is 169 Å². The molecule has 4 rings (SSSR count). The smallest absolute Gasteiger partial charge is 0.243 e. The molecule has 27 heavy (non-hydrogen) atoms. The molecule has 0 spiro atoms. The predicted molar refractivity (Wildman–Crippen MR) is 106 cm³/mol. The summed E-state index contributed by atoms with van der Waals surface area (Å²) in [4.78, 5) is 7.83. The number of benzene rings is 1. The maximum atomic E-state index is 12.8. The monoisotopic (exact) mass is 468 g/mol. The topological polar surface area (TPSA) is 79.5 Å². The van der Waals surface area contributed by atoms with Crippen molar-refractivity contribution in [2.45, 2.75) is 11.4 Å². The first-order valence-electron chi connectivity index (χ1n) is 8.37. The molecule has 10 heteroatoms. The molecule has 0 bridgehead atoms. The highest BCUT2D eigenvalue weighted by Gasteiger charge is 2.29. The minimum atomic E-state index is -3.46. The van der Waals surface area contributed by atoms with Crippen LogP contribution in [0.1, 0.15) is 5.89 Å². The van der Waals surface area contributed by atoms with E-state index in [-0.39, 0.29) is 0 Å². The molecule has 1 fully saturated rings. The number of nitrogens with zero attached hydrogens (tertiary/aromatic N) is 4. The summed E-state index contributed by atoms with van der Waals surface area (Å²) in [6, 6.07) is 10.6. The lowest BCUT2D eigenvalue weighted by Crippen LogP contribution is -2.48. The van der Waals surface area contributed by atoms with Gasteiger partial charge >= 0.3 is 0 Å². The molecule has 1 saturated heterocycles. The molecule has 1 aliphatic heterocycles. The molecule has 7 nitrogen and oxygen atoms in total. The van der Waals surface area contributed by atoms with E-state index in [9.17, 15) is 8.42 Å². The highest BCUT2D eigenvalue weighted by atomic mass is 79.9. The molecular formula is C17H17BrN4O3S2. The van der Waals surface area contributed by atoms with Gasteiger partial charge < -0.3 is 4.52 Å². The first-order valence-corrected chi connectivity index (χ1v) is 11.5. The lowest BCUT2D eigenvalue weighted by Gasteiger charge is -2.33. The summed E-state index contributed by atoms with van der Waals surface area (Å²) in [5, 5.41) is 5.98. The Balaban J connectivity index is 1.37. The maximum absolute atomic E-state index is 12.8. The van der Waals surface area contributed by atoms with Crippen LogP contribution in [0.2, 0.25) is 0 Å². The molecule has 0 aliphatic carbocycles. The highest BCUT2D eigenvalue weighted by molar-refractivity contribution is 9.10.